The molecule has 0 aliphatic rings. The summed E-state index contributed by atoms with van der Waals surface area (Å²) in [6.07, 6.45) is 0.847. The van der Waals surface area contributed by atoms with E-state index in [-0.39, 0.29) is 12.5 Å². The molecule has 0 heterocycles. The van der Waals surface area contributed by atoms with E-state index in [2.05, 4.69) is 10.6 Å². The molecule has 1 aromatic carbocycles. The second-order valence-electron chi connectivity index (χ2n) is 4.88. The van der Waals surface area contributed by atoms with Gasteiger partial charge in [0, 0.05) is 20.1 Å². The quantitative estimate of drug-likeness (QED) is 0.626. The summed E-state index contributed by atoms with van der Waals surface area (Å²) < 4.78 is 0. The second kappa shape index (κ2) is 8.97. The Bertz CT molecular complexity index is 477. The first-order chi connectivity index (χ1) is 10.0. The fraction of sp³-hybridized carbons (Fsp3) is 0.467. The standard InChI is InChI=1S/C15H23N3O3/c1-16-8-5-9-18(2)15(21)17-11-13-7-4-3-6-12(13)10-14(19)20/h3-4,6-7,16H,5,8-11H2,1-2H3,(H,17,21)(H,19,20). The number of benzene rings is 1. The Morgan fingerprint density at radius 2 is 1.90 bits per heavy atom. The van der Waals surface area contributed by atoms with E-state index in [0.717, 1.165) is 24.1 Å². The monoisotopic (exact) mass is 293 g/mol. The van der Waals surface area contributed by atoms with Gasteiger partial charge in [-0.15, -0.1) is 0 Å². The van der Waals surface area contributed by atoms with E-state index >= 15 is 0 Å². The van der Waals surface area contributed by atoms with Gasteiger partial charge in [0.2, 0.25) is 0 Å². The van der Waals surface area contributed by atoms with Gasteiger partial charge in [-0.25, -0.2) is 4.79 Å². The maximum Gasteiger partial charge on any atom is 0.317 e. The number of aliphatic carboxylic acids is 1. The van der Waals surface area contributed by atoms with Crippen LogP contribution in [-0.2, 0) is 17.8 Å². The fourth-order valence-electron chi connectivity index (χ4n) is 1.97. The van der Waals surface area contributed by atoms with Crippen molar-refractivity contribution in [3.8, 4) is 0 Å². The molecule has 0 fully saturated rings. The molecular weight excluding hydrogens is 270 g/mol. The van der Waals surface area contributed by atoms with Crippen molar-refractivity contribution in [3.63, 3.8) is 0 Å². The summed E-state index contributed by atoms with van der Waals surface area (Å²) in [5, 5.41) is 14.7. The highest BCUT2D eigenvalue weighted by Crippen LogP contribution is 2.09. The Labute approximate surface area is 125 Å². The molecule has 0 bridgehead atoms. The summed E-state index contributed by atoms with van der Waals surface area (Å²) in [4.78, 5) is 24.4. The minimum atomic E-state index is -0.877. The van der Waals surface area contributed by atoms with Crippen LogP contribution in [0.4, 0.5) is 4.79 Å². The van der Waals surface area contributed by atoms with Gasteiger partial charge in [-0.3, -0.25) is 4.79 Å². The zero-order valence-electron chi connectivity index (χ0n) is 12.6. The van der Waals surface area contributed by atoms with Crippen molar-refractivity contribution in [2.75, 3.05) is 27.2 Å². The first-order valence-corrected chi connectivity index (χ1v) is 6.96. The summed E-state index contributed by atoms with van der Waals surface area (Å²) in [5.74, 6) is -0.877. The molecule has 0 saturated heterocycles. The van der Waals surface area contributed by atoms with Crippen LogP contribution in [0.5, 0.6) is 0 Å². The first kappa shape index (κ1) is 17.0. The van der Waals surface area contributed by atoms with Gasteiger partial charge in [-0.2, -0.15) is 0 Å². The van der Waals surface area contributed by atoms with Gasteiger partial charge >= 0.3 is 12.0 Å². The molecule has 0 radical (unpaired) electrons. The minimum absolute atomic E-state index is 0.0376. The summed E-state index contributed by atoms with van der Waals surface area (Å²) in [7, 11) is 3.62. The average molecular weight is 293 g/mol. The lowest BCUT2D eigenvalue weighted by molar-refractivity contribution is -0.136. The van der Waals surface area contributed by atoms with E-state index < -0.39 is 5.97 Å². The maximum absolute atomic E-state index is 11.9. The zero-order chi connectivity index (χ0) is 15.7. The van der Waals surface area contributed by atoms with Crippen LogP contribution in [-0.4, -0.2) is 49.2 Å². The molecule has 0 atom stereocenters. The number of carbonyl (C=O) groups is 2. The third-order valence-corrected chi connectivity index (χ3v) is 3.16. The molecule has 6 heteroatoms. The average Bonchev–Trinajstić information content (AvgIpc) is 2.45. The third kappa shape index (κ3) is 6.27. The van der Waals surface area contributed by atoms with Crippen LogP contribution in [0.2, 0.25) is 0 Å². The van der Waals surface area contributed by atoms with Crippen molar-refractivity contribution >= 4 is 12.0 Å². The van der Waals surface area contributed by atoms with E-state index in [9.17, 15) is 9.59 Å². The number of nitrogens with zero attached hydrogens (tertiary/aromatic N) is 1. The minimum Gasteiger partial charge on any atom is -0.481 e. The number of rotatable bonds is 8. The van der Waals surface area contributed by atoms with E-state index in [0.29, 0.717) is 13.1 Å². The molecule has 1 aromatic rings. The van der Waals surface area contributed by atoms with Gasteiger partial charge in [-0.05, 0) is 31.1 Å². The molecule has 0 aliphatic heterocycles. The van der Waals surface area contributed by atoms with Crippen molar-refractivity contribution in [1.82, 2.24) is 15.5 Å². The van der Waals surface area contributed by atoms with Crippen molar-refractivity contribution < 1.29 is 14.7 Å². The van der Waals surface area contributed by atoms with E-state index in [1.807, 2.05) is 19.2 Å². The number of carboxylic acids is 1. The van der Waals surface area contributed by atoms with Crippen LogP contribution >= 0.6 is 0 Å². The van der Waals surface area contributed by atoms with Crippen LogP contribution in [0.3, 0.4) is 0 Å². The fourth-order valence-corrected chi connectivity index (χ4v) is 1.97. The number of urea groups is 1. The van der Waals surface area contributed by atoms with Crippen LogP contribution in [0.15, 0.2) is 24.3 Å². The Balaban J connectivity index is 2.50. The summed E-state index contributed by atoms with van der Waals surface area (Å²) >= 11 is 0. The Morgan fingerprint density at radius 1 is 1.24 bits per heavy atom. The van der Waals surface area contributed by atoms with Gasteiger partial charge in [-0.1, -0.05) is 24.3 Å². The van der Waals surface area contributed by atoms with Crippen molar-refractivity contribution in [2.24, 2.45) is 0 Å². The summed E-state index contributed by atoms with van der Waals surface area (Å²) in [5.41, 5.74) is 1.56. The predicted molar refractivity (Wildman–Crippen MR) is 81.2 cm³/mol. The maximum atomic E-state index is 11.9. The SMILES string of the molecule is CNCCCN(C)C(=O)NCc1ccccc1CC(=O)O. The van der Waals surface area contributed by atoms with Crippen LogP contribution in [0.1, 0.15) is 17.5 Å². The number of hydrogen-bond donors (Lipinski definition) is 3. The van der Waals surface area contributed by atoms with Crippen LogP contribution in [0.25, 0.3) is 0 Å². The van der Waals surface area contributed by atoms with E-state index in [1.54, 1.807) is 24.1 Å². The number of amides is 2. The van der Waals surface area contributed by atoms with Crippen LogP contribution in [0, 0.1) is 0 Å². The first-order valence-electron chi connectivity index (χ1n) is 6.96. The van der Waals surface area contributed by atoms with Gasteiger partial charge in [0.15, 0.2) is 0 Å². The molecule has 1 rings (SSSR count). The van der Waals surface area contributed by atoms with Gasteiger partial charge in [0.25, 0.3) is 0 Å². The molecule has 0 aliphatic carbocycles. The molecule has 0 unspecified atom stereocenters. The highest BCUT2D eigenvalue weighted by atomic mass is 16.4. The molecule has 0 spiro atoms. The number of carbonyl (C=O) groups excluding carboxylic acids is 1. The van der Waals surface area contributed by atoms with E-state index in [1.165, 1.54) is 0 Å². The topological polar surface area (TPSA) is 81.7 Å². The van der Waals surface area contributed by atoms with Gasteiger partial charge in [0.1, 0.15) is 0 Å². The molecular formula is C15H23N3O3. The van der Waals surface area contributed by atoms with Crippen molar-refractivity contribution in [3.05, 3.63) is 35.4 Å². The highest BCUT2D eigenvalue weighted by Gasteiger charge is 2.10. The largest absolute Gasteiger partial charge is 0.481 e. The van der Waals surface area contributed by atoms with Crippen LogP contribution < -0.4 is 10.6 Å². The lowest BCUT2D eigenvalue weighted by Crippen LogP contribution is -2.38. The van der Waals surface area contributed by atoms with Gasteiger partial charge < -0.3 is 20.6 Å². The zero-order valence-corrected chi connectivity index (χ0v) is 12.6. The Morgan fingerprint density at radius 3 is 2.52 bits per heavy atom. The normalized spacial score (nSPS) is 10.2. The summed E-state index contributed by atoms with van der Waals surface area (Å²) in [6, 6.07) is 7.08. The molecule has 2 amide bonds. The highest BCUT2D eigenvalue weighted by molar-refractivity contribution is 5.74. The van der Waals surface area contributed by atoms with Crippen molar-refractivity contribution in [2.45, 2.75) is 19.4 Å². The number of nitrogens with one attached hydrogen (secondary N) is 2. The lowest BCUT2D eigenvalue weighted by atomic mass is 10.0. The molecule has 3 N–H and O–H groups in total. The summed E-state index contributed by atoms with van der Waals surface area (Å²) in [6.45, 7) is 1.86. The molecule has 0 saturated carbocycles. The molecule has 6 nitrogen and oxygen atoms in total. The third-order valence-electron chi connectivity index (χ3n) is 3.16. The molecule has 116 valence electrons. The number of carboxylic acid groups (broad SMARTS) is 1. The van der Waals surface area contributed by atoms with Crippen molar-refractivity contribution in [1.29, 1.82) is 0 Å². The van der Waals surface area contributed by atoms with E-state index in [4.69, 9.17) is 5.11 Å². The van der Waals surface area contributed by atoms with Gasteiger partial charge in [0.05, 0.1) is 6.42 Å². The molecule has 21 heavy (non-hydrogen) atoms. The Hall–Kier alpha value is -2.08. The Kier molecular flexibility index (Phi) is 7.25. The molecule has 0 aromatic heterocycles. The predicted octanol–water partition coefficient (Wildman–Crippen LogP) is 1.06. The lowest BCUT2D eigenvalue weighted by Gasteiger charge is -2.18. The number of hydrogen-bond acceptors (Lipinski definition) is 3. The second-order valence-corrected chi connectivity index (χ2v) is 4.88. The smallest absolute Gasteiger partial charge is 0.317 e.